The summed E-state index contributed by atoms with van der Waals surface area (Å²) in [6.07, 6.45) is 6.34. The van der Waals surface area contributed by atoms with Gasteiger partial charge >= 0.3 is 7.12 Å². The molecule has 0 bridgehead atoms. The van der Waals surface area contributed by atoms with Crippen molar-refractivity contribution in [1.82, 2.24) is 0 Å². The molecule has 0 atom stereocenters. The maximum Gasteiger partial charge on any atom is 0.488 e. The first-order chi connectivity index (χ1) is 20.2. The molecule has 4 aromatic rings. The quantitative estimate of drug-likeness (QED) is 0.116. The summed E-state index contributed by atoms with van der Waals surface area (Å²) in [5, 5.41) is 17.7. The third-order valence-corrected chi connectivity index (χ3v) is 6.17. The molecule has 4 N–H and O–H groups in total. The Morgan fingerprint density at radius 2 is 1.00 bits per heavy atom. The highest BCUT2D eigenvalue weighted by Gasteiger charge is 2.15. The summed E-state index contributed by atoms with van der Waals surface area (Å²) in [5.41, 5.74) is 10.4. The van der Waals surface area contributed by atoms with Crippen molar-refractivity contribution in [3.05, 3.63) is 138 Å². The molecule has 0 fully saturated rings. The van der Waals surface area contributed by atoms with Crippen LogP contribution in [0.5, 0.6) is 0 Å². The zero-order valence-electron chi connectivity index (χ0n) is 26.3. The molecule has 0 unspecified atom stereocenters. The first-order valence-electron chi connectivity index (χ1n) is 15.0. The SMILES string of the molecule is C.C.C.C(#Cc1ccccc1)c1ccccc1.CC(C)(C)c1ccc(B(O)O)cc1.CCCCCc1ccccc1.CCCN. The van der Waals surface area contributed by atoms with Gasteiger partial charge in [-0.1, -0.05) is 173 Å². The normalized spacial score (nSPS) is 9.16. The lowest BCUT2D eigenvalue weighted by Crippen LogP contribution is -2.29. The molecule has 45 heavy (non-hydrogen) atoms. The van der Waals surface area contributed by atoms with Crippen LogP contribution < -0.4 is 11.2 Å². The maximum absolute atomic E-state index is 8.87. The van der Waals surface area contributed by atoms with Gasteiger partial charge < -0.3 is 15.8 Å². The fourth-order valence-electron chi connectivity index (χ4n) is 3.57. The van der Waals surface area contributed by atoms with Gasteiger partial charge in [-0.15, -0.1) is 0 Å². The highest BCUT2D eigenvalue weighted by molar-refractivity contribution is 6.58. The maximum atomic E-state index is 8.87. The fraction of sp³-hybridized carbons (Fsp3) is 0.366. The first kappa shape index (κ1) is 45.8. The van der Waals surface area contributed by atoms with Gasteiger partial charge in [0.1, 0.15) is 0 Å². The number of benzene rings is 4. The Labute approximate surface area is 278 Å². The molecule has 0 saturated carbocycles. The van der Waals surface area contributed by atoms with Crippen LogP contribution in [0, 0.1) is 11.8 Å². The predicted octanol–water partition coefficient (Wildman–Crippen LogP) is 9.43. The molecule has 3 nitrogen and oxygen atoms in total. The minimum absolute atomic E-state index is 0. The van der Waals surface area contributed by atoms with Gasteiger partial charge in [-0.25, -0.2) is 0 Å². The van der Waals surface area contributed by atoms with E-state index >= 15 is 0 Å². The van der Waals surface area contributed by atoms with Crippen LogP contribution in [0.15, 0.2) is 115 Å². The molecule has 246 valence electrons. The first-order valence-corrected chi connectivity index (χ1v) is 15.0. The van der Waals surface area contributed by atoms with Gasteiger partial charge in [-0.2, -0.15) is 0 Å². The van der Waals surface area contributed by atoms with Crippen LogP contribution in [0.1, 0.15) is 105 Å². The molecule has 4 rings (SSSR count). The molecule has 0 aliphatic heterocycles. The van der Waals surface area contributed by atoms with Crippen molar-refractivity contribution in [1.29, 1.82) is 0 Å². The lowest BCUT2D eigenvalue weighted by atomic mass is 9.78. The van der Waals surface area contributed by atoms with Crippen LogP contribution in [0.4, 0.5) is 0 Å². The van der Waals surface area contributed by atoms with Crippen molar-refractivity contribution in [2.24, 2.45) is 5.73 Å². The number of rotatable bonds is 6. The van der Waals surface area contributed by atoms with E-state index in [1.54, 1.807) is 12.1 Å². The second-order valence-corrected chi connectivity index (χ2v) is 11.0. The number of hydrogen-bond acceptors (Lipinski definition) is 3. The Morgan fingerprint density at radius 3 is 1.33 bits per heavy atom. The van der Waals surface area contributed by atoms with Crippen LogP contribution >= 0.6 is 0 Å². The molecule has 0 spiro atoms. The van der Waals surface area contributed by atoms with E-state index < -0.39 is 7.12 Å². The molecule has 0 heterocycles. The van der Waals surface area contributed by atoms with Gasteiger partial charge in [-0.3, -0.25) is 0 Å². The van der Waals surface area contributed by atoms with E-state index in [4.69, 9.17) is 15.8 Å². The van der Waals surface area contributed by atoms with E-state index in [2.05, 4.69) is 76.8 Å². The average Bonchev–Trinajstić information content (AvgIpc) is 3.02. The van der Waals surface area contributed by atoms with Crippen LogP contribution in [0.25, 0.3) is 0 Å². The van der Waals surface area contributed by atoms with Crippen molar-refractivity contribution in [2.75, 3.05) is 6.54 Å². The molecular weight excluding hydrogens is 549 g/mol. The summed E-state index contributed by atoms with van der Waals surface area (Å²) in [7, 11) is -1.37. The number of nitrogens with two attached hydrogens (primary N) is 1. The van der Waals surface area contributed by atoms with E-state index in [9.17, 15) is 0 Å². The zero-order valence-corrected chi connectivity index (χ0v) is 26.3. The molecule has 0 amide bonds. The van der Waals surface area contributed by atoms with Crippen molar-refractivity contribution >= 4 is 12.6 Å². The fourth-order valence-corrected chi connectivity index (χ4v) is 3.57. The molecule has 4 heteroatoms. The van der Waals surface area contributed by atoms with Crippen LogP contribution in [-0.4, -0.2) is 23.7 Å². The molecule has 0 aliphatic carbocycles. The minimum Gasteiger partial charge on any atom is -0.423 e. The number of hydrogen-bond donors (Lipinski definition) is 3. The lowest BCUT2D eigenvalue weighted by molar-refractivity contribution is 0.425. The summed E-state index contributed by atoms with van der Waals surface area (Å²) >= 11 is 0. The molecule has 0 saturated heterocycles. The van der Waals surface area contributed by atoms with E-state index in [0.29, 0.717) is 5.46 Å². The highest BCUT2D eigenvalue weighted by atomic mass is 16.4. The molecule has 4 aromatic carbocycles. The molecule has 0 radical (unpaired) electrons. The number of unbranched alkanes of at least 4 members (excludes halogenated alkanes) is 2. The van der Waals surface area contributed by atoms with Crippen molar-refractivity contribution < 1.29 is 10.0 Å². The smallest absolute Gasteiger partial charge is 0.423 e. The van der Waals surface area contributed by atoms with Gasteiger partial charge in [0.15, 0.2) is 0 Å². The molecular formula is C41H62BNO2. The summed E-state index contributed by atoms with van der Waals surface area (Å²) in [5.74, 6) is 6.22. The third-order valence-electron chi connectivity index (χ3n) is 6.17. The standard InChI is InChI=1S/C14H10.C11H16.C10H15BO2.C3H9N.3CH4/c1-3-7-13(8-4-1)11-12-14-9-5-2-6-10-14;1-2-3-5-8-11-9-6-4-7-10-11;1-10(2,3)8-4-6-9(7-5-8)11(12)13;1-2-3-4;;;/h1-10H;4,6-7,9-10H,2-3,5,8H2,1H3;4-7,12-13H,1-3H3;2-4H2,1H3;3*1H4. The van der Waals surface area contributed by atoms with Crippen LogP contribution in [-0.2, 0) is 11.8 Å². The average molecular weight is 612 g/mol. The second-order valence-electron chi connectivity index (χ2n) is 11.0. The monoisotopic (exact) mass is 611 g/mol. The lowest BCUT2D eigenvalue weighted by Gasteiger charge is -2.19. The zero-order chi connectivity index (χ0) is 31.1. The summed E-state index contributed by atoms with van der Waals surface area (Å²) in [6.45, 7) is 11.5. The van der Waals surface area contributed by atoms with Crippen molar-refractivity contribution in [3.63, 3.8) is 0 Å². The molecule has 0 aromatic heterocycles. The number of aryl methyl sites for hydroxylation is 1. The topological polar surface area (TPSA) is 66.5 Å². The Bertz CT molecular complexity index is 1200. The minimum atomic E-state index is -1.37. The largest absolute Gasteiger partial charge is 0.488 e. The summed E-state index contributed by atoms with van der Waals surface area (Å²) in [6, 6.07) is 38.0. The summed E-state index contributed by atoms with van der Waals surface area (Å²) in [4.78, 5) is 0. The van der Waals surface area contributed by atoms with Gasteiger partial charge in [0.2, 0.25) is 0 Å². The Hall–Kier alpha value is -3.62. The Balaban J connectivity index is -0.000000540. The summed E-state index contributed by atoms with van der Waals surface area (Å²) < 4.78 is 0. The van der Waals surface area contributed by atoms with Crippen molar-refractivity contribution in [2.45, 2.75) is 94.4 Å². The van der Waals surface area contributed by atoms with Crippen LogP contribution in [0.3, 0.4) is 0 Å². The van der Waals surface area contributed by atoms with Gasteiger partial charge in [0.25, 0.3) is 0 Å². The third kappa shape index (κ3) is 22.5. The van der Waals surface area contributed by atoms with Gasteiger partial charge in [0.05, 0.1) is 0 Å². The van der Waals surface area contributed by atoms with E-state index in [1.807, 2.05) is 72.8 Å². The Morgan fingerprint density at radius 1 is 0.600 bits per heavy atom. The molecule has 0 aliphatic rings. The predicted molar refractivity (Wildman–Crippen MR) is 203 cm³/mol. The van der Waals surface area contributed by atoms with Crippen molar-refractivity contribution in [3.8, 4) is 11.8 Å². The highest BCUT2D eigenvalue weighted by Crippen LogP contribution is 2.20. The van der Waals surface area contributed by atoms with E-state index in [-0.39, 0.29) is 27.7 Å². The van der Waals surface area contributed by atoms with E-state index in [0.717, 1.165) is 24.1 Å². The van der Waals surface area contributed by atoms with Gasteiger partial charge in [0, 0.05) is 11.1 Å². The van der Waals surface area contributed by atoms with Gasteiger partial charge in [-0.05, 0) is 72.1 Å². The second kappa shape index (κ2) is 27.9. The van der Waals surface area contributed by atoms with Crippen LogP contribution in [0.2, 0.25) is 0 Å². The Kier molecular flexibility index (Phi) is 28.4. The van der Waals surface area contributed by atoms with E-state index in [1.165, 1.54) is 36.8 Å².